The number of amides is 2. The van der Waals surface area contributed by atoms with E-state index in [0.29, 0.717) is 49.5 Å². The van der Waals surface area contributed by atoms with Gasteiger partial charge in [0.25, 0.3) is 0 Å². The first kappa shape index (κ1) is 39.3. The molecule has 8 rings (SSSR count). The van der Waals surface area contributed by atoms with Gasteiger partial charge in [-0.2, -0.15) is 0 Å². The summed E-state index contributed by atoms with van der Waals surface area (Å²) in [6, 6.07) is 19.1. The third-order valence-electron chi connectivity index (χ3n) is 12.6. The fourth-order valence-electron chi connectivity index (χ4n) is 9.55. The van der Waals surface area contributed by atoms with E-state index in [0.717, 1.165) is 47.0 Å². The highest BCUT2D eigenvalue weighted by Crippen LogP contribution is 2.40. The second-order valence-corrected chi connectivity index (χ2v) is 19.0. The summed E-state index contributed by atoms with van der Waals surface area (Å²) in [4.78, 5) is 42.6. The Morgan fingerprint density at radius 3 is 1.38 bits per heavy atom. The molecule has 0 saturated heterocycles. The van der Waals surface area contributed by atoms with Gasteiger partial charge in [0.15, 0.2) is 0 Å². The molecular formula is C44H58N8O2S2. The molecule has 4 aromatic rings. The Labute approximate surface area is 340 Å². The van der Waals surface area contributed by atoms with Gasteiger partial charge in [0.2, 0.25) is 11.8 Å². The zero-order chi connectivity index (χ0) is 38.4. The lowest BCUT2D eigenvalue weighted by Crippen LogP contribution is -2.51. The van der Waals surface area contributed by atoms with Crippen LogP contribution in [0.2, 0.25) is 0 Å². The molecule has 10 nitrogen and oxygen atoms in total. The molecule has 2 fully saturated rings. The summed E-state index contributed by atoms with van der Waals surface area (Å²) in [5.41, 5.74) is 17.5. The lowest BCUT2D eigenvalue weighted by atomic mass is 9.84. The molecule has 2 aromatic carbocycles. The summed E-state index contributed by atoms with van der Waals surface area (Å²) >= 11 is 0. The van der Waals surface area contributed by atoms with Crippen molar-refractivity contribution in [1.29, 1.82) is 0 Å². The fourth-order valence-corrected chi connectivity index (χ4v) is 11.8. The number of rotatable bonds is 13. The average molecular weight is 795 g/mol. The second-order valence-electron chi connectivity index (χ2n) is 16.4. The van der Waals surface area contributed by atoms with Crippen molar-refractivity contribution in [3.05, 3.63) is 84.7 Å². The van der Waals surface area contributed by atoms with Crippen LogP contribution in [0.4, 0.5) is 0 Å². The predicted octanol–water partition coefficient (Wildman–Crippen LogP) is 7.86. The van der Waals surface area contributed by atoms with Crippen LogP contribution in [0.1, 0.15) is 101 Å². The Balaban J connectivity index is 0.891. The topological polar surface area (TPSA) is 128 Å². The maximum absolute atomic E-state index is 14.1. The molecule has 56 heavy (non-hydrogen) atoms. The Morgan fingerprint density at radius 1 is 0.589 bits per heavy atom. The van der Waals surface area contributed by atoms with Gasteiger partial charge < -0.3 is 30.4 Å². The van der Waals surface area contributed by atoms with Crippen LogP contribution in [0.25, 0.3) is 22.5 Å². The van der Waals surface area contributed by atoms with E-state index in [9.17, 15) is 9.59 Å². The normalized spacial score (nSPS) is 21.7. The monoisotopic (exact) mass is 794 g/mol. The van der Waals surface area contributed by atoms with Crippen LogP contribution >= 0.6 is 21.6 Å². The molecule has 2 aliphatic heterocycles. The molecule has 2 aromatic heterocycles. The van der Waals surface area contributed by atoms with Crippen molar-refractivity contribution < 1.29 is 9.59 Å². The van der Waals surface area contributed by atoms with Crippen LogP contribution in [0.3, 0.4) is 0 Å². The molecule has 4 N–H and O–H groups in total. The van der Waals surface area contributed by atoms with Gasteiger partial charge in [-0.15, -0.1) is 0 Å². The summed E-state index contributed by atoms with van der Waals surface area (Å²) in [5.74, 6) is 4.00. The highest BCUT2D eigenvalue weighted by atomic mass is 33.1. The minimum Gasteiger partial charge on any atom is -0.331 e. The standard InChI is InChI=1S/C44H58N8O2S2/c45-35(43(53)51-23-21-49-27-37(33-17-9-3-10-18-33)47-41(49)39(51)25-31-13-5-1-6-14-31)29-55-56-30-36(46)44(54)52-24-22-50-28-38(34-19-11-4-12-20-34)48-42(50)40(52)26-32-15-7-2-8-16-32/h3-4,9-12,17-20,27-28,31-32,35-36,39-40H,1-2,5-8,13-16,21-26,29-30,45-46H2/t35-,36-,39-,40-/m0/s1. The number of benzene rings is 2. The minimum absolute atomic E-state index is 0.0148. The largest absolute Gasteiger partial charge is 0.331 e. The van der Waals surface area contributed by atoms with E-state index >= 15 is 0 Å². The van der Waals surface area contributed by atoms with Crippen molar-refractivity contribution in [2.45, 2.75) is 114 Å². The lowest BCUT2D eigenvalue weighted by molar-refractivity contribution is -0.137. The number of nitrogens with two attached hydrogens (primary N) is 2. The zero-order valence-electron chi connectivity index (χ0n) is 32.6. The molecular weight excluding hydrogens is 737 g/mol. The maximum Gasteiger partial charge on any atom is 0.241 e. The molecule has 2 saturated carbocycles. The number of carbonyl (C=O) groups excluding carboxylic acids is 2. The number of hydrogen-bond acceptors (Lipinski definition) is 8. The summed E-state index contributed by atoms with van der Waals surface area (Å²) in [6.07, 6.45) is 18.6. The Kier molecular flexibility index (Phi) is 12.9. The van der Waals surface area contributed by atoms with Gasteiger partial charge in [-0.25, -0.2) is 9.97 Å². The molecule has 0 radical (unpaired) electrons. The van der Waals surface area contributed by atoms with E-state index in [1.807, 2.05) is 46.2 Å². The number of hydrogen-bond donors (Lipinski definition) is 2. The second kappa shape index (κ2) is 18.3. The van der Waals surface area contributed by atoms with E-state index in [4.69, 9.17) is 21.4 Å². The first-order valence-electron chi connectivity index (χ1n) is 21.0. The Morgan fingerprint density at radius 2 is 0.982 bits per heavy atom. The first-order valence-corrected chi connectivity index (χ1v) is 23.5. The van der Waals surface area contributed by atoms with Gasteiger partial charge in [-0.1, -0.05) is 146 Å². The van der Waals surface area contributed by atoms with Gasteiger partial charge in [-0.05, 0) is 24.7 Å². The van der Waals surface area contributed by atoms with Crippen LogP contribution in [0.5, 0.6) is 0 Å². The highest BCUT2D eigenvalue weighted by molar-refractivity contribution is 8.76. The third-order valence-corrected chi connectivity index (χ3v) is 15.1. The average Bonchev–Trinajstić information content (AvgIpc) is 3.89. The van der Waals surface area contributed by atoms with E-state index in [2.05, 4.69) is 45.8 Å². The summed E-state index contributed by atoms with van der Waals surface area (Å²) < 4.78 is 4.51. The van der Waals surface area contributed by atoms with Gasteiger partial charge in [0.05, 0.1) is 35.6 Å². The van der Waals surface area contributed by atoms with E-state index in [1.165, 1.54) is 64.2 Å². The molecule has 4 atom stereocenters. The molecule has 4 heterocycles. The molecule has 4 aliphatic rings. The lowest BCUT2D eigenvalue weighted by Gasteiger charge is -2.39. The predicted molar refractivity (Wildman–Crippen MR) is 227 cm³/mol. The van der Waals surface area contributed by atoms with Crippen LogP contribution in [-0.4, -0.2) is 77.4 Å². The number of nitrogens with zero attached hydrogens (tertiary/aromatic N) is 6. The third kappa shape index (κ3) is 8.93. The molecule has 2 aliphatic carbocycles. The molecule has 0 spiro atoms. The van der Waals surface area contributed by atoms with Crippen LogP contribution < -0.4 is 11.5 Å². The van der Waals surface area contributed by atoms with Gasteiger partial charge in [0.1, 0.15) is 11.6 Å². The quantitative estimate of drug-likeness (QED) is 0.104. The minimum atomic E-state index is -0.650. The van der Waals surface area contributed by atoms with E-state index in [1.54, 1.807) is 21.6 Å². The Hall–Kier alpha value is -3.58. The van der Waals surface area contributed by atoms with Crippen LogP contribution in [-0.2, 0) is 22.7 Å². The molecule has 2 amide bonds. The molecule has 298 valence electrons. The van der Waals surface area contributed by atoms with Gasteiger partial charge >= 0.3 is 0 Å². The fraction of sp³-hybridized carbons (Fsp3) is 0.545. The maximum atomic E-state index is 14.1. The smallest absolute Gasteiger partial charge is 0.241 e. The SMILES string of the molecule is N[C@@H](CSSC[C@H](N)C(=O)N1CCn2cc(-c3ccccc3)nc2[C@@H]1CC1CCCCC1)C(=O)N1CCn2cc(-c3ccccc3)nc2[C@@H]1CC1CCCCC1. The van der Waals surface area contributed by atoms with Crippen molar-refractivity contribution in [2.24, 2.45) is 23.3 Å². The number of carbonyl (C=O) groups is 2. The van der Waals surface area contributed by atoms with Gasteiger partial charge in [-0.3, -0.25) is 9.59 Å². The zero-order valence-corrected chi connectivity index (χ0v) is 34.2. The molecule has 0 bridgehead atoms. The van der Waals surface area contributed by atoms with E-state index < -0.39 is 12.1 Å². The van der Waals surface area contributed by atoms with Crippen molar-refractivity contribution >= 4 is 33.4 Å². The summed E-state index contributed by atoms with van der Waals surface area (Å²) in [6.45, 7) is 2.67. The summed E-state index contributed by atoms with van der Waals surface area (Å²) in [5, 5.41) is 0. The number of aromatic nitrogens is 4. The number of imidazole rings is 2. The molecule has 0 unspecified atom stereocenters. The van der Waals surface area contributed by atoms with Crippen molar-refractivity contribution in [3.8, 4) is 22.5 Å². The first-order chi connectivity index (χ1) is 27.4. The highest BCUT2D eigenvalue weighted by Gasteiger charge is 2.39. The van der Waals surface area contributed by atoms with E-state index in [-0.39, 0.29) is 23.9 Å². The van der Waals surface area contributed by atoms with Crippen molar-refractivity contribution in [3.63, 3.8) is 0 Å². The number of fused-ring (bicyclic) bond motifs is 2. The van der Waals surface area contributed by atoms with Crippen LogP contribution in [0, 0.1) is 11.8 Å². The summed E-state index contributed by atoms with van der Waals surface area (Å²) in [7, 11) is 3.09. The molecule has 12 heteroatoms. The Bertz CT molecular complexity index is 1770. The van der Waals surface area contributed by atoms with Crippen molar-refractivity contribution in [1.82, 2.24) is 28.9 Å². The van der Waals surface area contributed by atoms with Crippen molar-refractivity contribution in [2.75, 3.05) is 24.6 Å². The van der Waals surface area contributed by atoms with Crippen LogP contribution in [0.15, 0.2) is 73.1 Å². The van der Waals surface area contributed by atoms with Gasteiger partial charge in [0, 0.05) is 61.2 Å².